The molecule has 0 N–H and O–H groups in total. The van der Waals surface area contributed by atoms with Gasteiger partial charge in [-0.2, -0.15) is 4.31 Å². The van der Waals surface area contributed by atoms with Crippen molar-refractivity contribution in [3.63, 3.8) is 0 Å². The van der Waals surface area contributed by atoms with E-state index in [4.69, 9.17) is 4.74 Å². The van der Waals surface area contributed by atoms with Crippen LogP contribution in [0.1, 0.15) is 44.6 Å². The van der Waals surface area contributed by atoms with Gasteiger partial charge in [-0.25, -0.2) is 8.42 Å². The van der Waals surface area contributed by atoms with Crippen molar-refractivity contribution in [1.29, 1.82) is 0 Å². The second-order valence-electron chi connectivity index (χ2n) is 7.45. The number of benzene rings is 1. The number of ether oxygens (including phenoxy) is 1. The minimum Gasteiger partial charge on any atom is -0.494 e. The van der Waals surface area contributed by atoms with Crippen LogP contribution in [0.5, 0.6) is 5.75 Å². The van der Waals surface area contributed by atoms with Crippen LogP contribution in [-0.2, 0) is 14.8 Å². The highest BCUT2D eigenvalue weighted by Crippen LogP contribution is 2.28. The van der Waals surface area contributed by atoms with Crippen molar-refractivity contribution in [3.8, 4) is 5.75 Å². The van der Waals surface area contributed by atoms with Crippen LogP contribution < -0.4 is 4.74 Å². The van der Waals surface area contributed by atoms with Gasteiger partial charge >= 0.3 is 0 Å². The molecule has 0 bridgehead atoms. The molecule has 1 amide bonds. The summed E-state index contributed by atoms with van der Waals surface area (Å²) in [5.41, 5.74) is 0.802. The maximum absolute atomic E-state index is 13.1. The molecule has 1 aromatic rings. The molecule has 27 heavy (non-hydrogen) atoms. The van der Waals surface area contributed by atoms with Crippen LogP contribution in [0.25, 0.3) is 0 Å². The summed E-state index contributed by atoms with van der Waals surface area (Å²) in [6, 6.07) is 4.98. The fourth-order valence-electron chi connectivity index (χ4n) is 3.98. The Morgan fingerprint density at radius 3 is 2.56 bits per heavy atom. The minimum absolute atomic E-state index is 0.123. The number of aryl methyl sites for hydroxylation is 1. The molecule has 2 saturated heterocycles. The predicted molar refractivity (Wildman–Crippen MR) is 104 cm³/mol. The van der Waals surface area contributed by atoms with Gasteiger partial charge in [0.2, 0.25) is 15.9 Å². The molecule has 6 nitrogen and oxygen atoms in total. The van der Waals surface area contributed by atoms with Crippen LogP contribution in [-0.4, -0.2) is 56.3 Å². The second-order valence-corrected chi connectivity index (χ2v) is 9.39. The van der Waals surface area contributed by atoms with Gasteiger partial charge in [0.25, 0.3) is 0 Å². The van der Waals surface area contributed by atoms with Crippen LogP contribution in [0, 0.1) is 12.8 Å². The van der Waals surface area contributed by atoms with Gasteiger partial charge in [-0.3, -0.25) is 4.79 Å². The summed E-state index contributed by atoms with van der Waals surface area (Å²) in [6.07, 6.45) is 4.76. The number of rotatable bonds is 5. The van der Waals surface area contributed by atoms with Gasteiger partial charge in [0.1, 0.15) is 5.75 Å². The highest BCUT2D eigenvalue weighted by molar-refractivity contribution is 7.89. The van der Waals surface area contributed by atoms with Gasteiger partial charge in [-0.05, 0) is 69.7 Å². The molecule has 0 saturated carbocycles. The van der Waals surface area contributed by atoms with E-state index in [1.165, 1.54) is 10.7 Å². The first kappa shape index (κ1) is 20.1. The maximum Gasteiger partial charge on any atom is 0.243 e. The Balaban J connectivity index is 1.74. The third-order valence-corrected chi connectivity index (χ3v) is 7.35. The van der Waals surface area contributed by atoms with Crippen LogP contribution in [0.15, 0.2) is 23.1 Å². The maximum atomic E-state index is 13.1. The minimum atomic E-state index is -3.61. The average molecular weight is 395 g/mol. The van der Waals surface area contributed by atoms with Gasteiger partial charge in [0.05, 0.1) is 17.4 Å². The van der Waals surface area contributed by atoms with E-state index in [2.05, 4.69) is 0 Å². The summed E-state index contributed by atoms with van der Waals surface area (Å²) in [4.78, 5) is 15.0. The lowest BCUT2D eigenvalue weighted by atomic mass is 9.97. The van der Waals surface area contributed by atoms with Gasteiger partial charge in [0, 0.05) is 26.2 Å². The highest BCUT2D eigenvalue weighted by atomic mass is 32.2. The molecule has 0 radical (unpaired) electrons. The Labute approximate surface area is 162 Å². The predicted octanol–water partition coefficient (Wildman–Crippen LogP) is 2.81. The summed E-state index contributed by atoms with van der Waals surface area (Å²) >= 11 is 0. The molecule has 1 atom stereocenters. The van der Waals surface area contributed by atoms with E-state index < -0.39 is 10.0 Å². The number of amides is 1. The van der Waals surface area contributed by atoms with Crippen LogP contribution in [0.2, 0.25) is 0 Å². The lowest BCUT2D eigenvalue weighted by Gasteiger charge is -2.35. The Morgan fingerprint density at radius 2 is 1.89 bits per heavy atom. The number of likely N-dealkylation sites (tertiary alicyclic amines) is 1. The number of carbonyl (C=O) groups is 1. The van der Waals surface area contributed by atoms with Crippen molar-refractivity contribution >= 4 is 15.9 Å². The number of hydrogen-bond donors (Lipinski definition) is 0. The van der Waals surface area contributed by atoms with E-state index in [1.54, 1.807) is 18.2 Å². The lowest BCUT2D eigenvalue weighted by molar-refractivity contribution is -0.137. The van der Waals surface area contributed by atoms with Crippen LogP contribution in [0.4, 0.5) is 0 Å². The largest absolute Gasteiger partial charge is 0.494 e. The fourth-order valence-corrected chi connectivity index (χ4v) is 5.59. The number of piperidine rings is 2. The Hall–Kier alpha value is -1.60. The third-order valence-electron chi connectivity index (χ3n) is 5.49. The SMILES string of the molecule is CCOc1ccc(S(=O)(=O)N2CCC[C@H](C(=O)N3CCCCC3)C2)cc1C. The molecular formula is C20H30N2O4S. The zero-order valence-corrected chi connectivity index (χ0v) is 17.1. The Bertz CT molecular complexity index is 772. The van der Waals surface area contributed by atoms with Crippen LogP contribution >= 0.6 is 0 Å². The lowest BCUT2D eigenvalue weighted by Crippen LogP contribution is -2.47. The molecular weight excluding hydrogens is 364 g/mol. The first-order valence-electron chi connectivity index (χ1n) is 9.96. The monoisotopic (exact) mass is 394 g/mol. The fraction of sp³-hybridized carbons (Fsp3) is 0.650. The highest BCUT2D eigenvalue weighted by Gasteiger charge is 2.35. The van der Waals surface area contributed by atoms with E-state index in [0.29, 0.717) is 18.9 Å². The molecule has 1 aromatic carbocycles. The third kappa shape index (κ3) is 4.46. The van der Waals surface area contributed by atoms with Crippen molar-refractivity contribution in [3.05, 3.63) is 23.8 Å². The molecule has 7 heteroatoms. The molecule has 0 spiro atoms. The first-order valence-corrected chi connectivity index (χ1v) is 11.4. The van der Waals surface area contributed by atoms with E-state index in [0.717, 1.165) is 44.3 Å². The second kappa shape index (κ2) is 8.61. The molecule has 3 rings (SSSR count). The van der Waals surface area contributed by atoms with E-state index in [9.17, 15) is 13.2 Å². The molecule has 2 aliphatic heterocycles. The van der Waals surface area contributed by atoms with Crippen molar-refractivity contribution < 1.29 is 17.9 Å². The quantitative estimate of drug-likeness (QED) is 0.770. The van der Waals surface area contributed by atoms with E-state index >= 15 is 0 Å². The summed E-state index contributed by atoms with van der Waals surface area (Å²) in [5.74, 6) is 0.598. The topological polar surface area (TPSA) is 66.9 Å². The van der Waals surface area contributed by atoms with Gasteiger partial charge in [-0.1, -0.05) is 0 Å². The standard InChI is InChI=1S/C20H30N2O4S/c1-3-26-19-10-9-18(14-16(19)2)27(24,25)22-13-7-8-17(15-22)20(23)21-11-5-4-6-12-21/h9-10,14,17H,3-8,11-13,15H2,1-2H3/t17-/m0/s1. The normalized spacial score (nSPS) is 21.9. The van der Waals surface area contributed by atoms with Crippen molar-refractivity contribution in [2.24, 2.45) is 5.92 Å². The molecule has 0 unspecified atom stereocenters. The molecule has 2 heterocycles. The van der Waals surface area contributed by atoms with Gasteiger partial charge < -0.3 is 9.64 Å². The zero-order chi connectivity index (χ0) is 19.4. The van der Waals surface area contributed by atoms with Crippen molar-refractivity contribution in [2.45, 2.75) is 50.8 Å². The Kier molecular flexibility index (Phi) is 6.42. The number of nitrogens with zero attached hydrogens (tertiary/aromatic N) is 2. The molecule has 2 aliphatic rings. The number of hydrogen-bond acceptors (Lipinski definition) is 4. The number of sulfonamides is 1. The summed E-state index contributed by atoms with van der Waals surface area (Å²) in [6.45, 7) is 6.65. The van der Waals surface area contributed by atoms with E-state index in [1.807, 2.05) is 18.7 Å². The van der Waals surface area contributed by atoms with Gasteiger partial charge in [-0.15, -0.1) is 0 Å². The summed E-state index contributed by atoms with van der Waals surface area (Å²) in [5, 5.41) is 0. The molecule has 150 valence electrons. The van der Waals surface area contributed by atoms with Crippen LogP contribution in [0.3, 0.4) is 0 Å². The van der Waals surface area contributed by atoms with Gasteiger partial charge in [0.15, 0.2) is 0 Å². The Morgan fingerprint density at radius 1 is 1.15 bits per heavy atom. The molecule has 2 fully saturated rings. The summed E-state index contributed by atoms with van der Waals surface area (Å²) < 4.78 is 33.2. The smallest absolute Gasteiger partial charge is 0.243 e. The van der Waals surface area contributed by atoms with Crippen molar-refractivity contribution in [2.75, 3.05) is 32.8 Å². The number of carbonyl (C=O) groups excluding carboxylic acids is 1. The first-order chi connectivity index (χ1) is 12.9. The van der Waals surface area contributed by atoms with E-state index in [-0.39, 0.29) is 23.3 Å². The average Bonchev–Trinajstić information content (AvgIpc) is 2.70. The van der Waals surface area contributed by atoms with Crippen molar-refractivity contribution in [1.82, 2.24) is 9.21 Å². The zero-order valence-electron chi connectivity index (χ0n) is 16.3. The summed E-state index contributed by atoms with van der Waals surface area (Å²) in [7, 11) is -3.61. The molecule has 0 aromatic heterocycles. The molecule has 0 aliphatic carbocycles.